The molecule has 0 aliphatic heterocycles. The molecular weight excluding hydrogens is 460 g/mol. The molecule has 0 unspecified atom stereocenters. The van der Waals surface area contributed by atoms with Crippen molar-refractivity contribution in [1.29, 1.82) is 0 Å². The Morgan fingerprint density at radius 3 is 2.41 bits per heavy atom. The van der Waals surface area contributed by atoms with Crippen LogP contribution in [0.2, 0.25) is 5.15 Å². The number of nitrogens with one attached hydrogen (secondary N) is 1. The molecule has 10 heteroatoms. The first-order chi connectivity index (χ1) is 13.2. The topological polar surface area (TPSA) is 116 Å². The van der Waals surface area contributed by atoms with Gasteiger partial charge in [0.1, 0.15) is 5.75 Å². The van der Waals surface area contributed by atoms with Crippen LogP contribution in [0.3, 0.4) is 0 Å². The minimum atomic E-state index is -0.412. The summed E-state index contributed by atoms with van der Waals surface area (Å²) in [5.41, 5.74) is 12.5. The summed E-state index contributed by atoms with van der Waals surface area (Å²) in [6, 6.07) is 8.12. The Hall–Kier alpha value is -2.10. The van der Waals surface area contributed by atoms with Crippen LogP contribution >= 0.6 is 11.6 Å². The molecule has 2 aromatic rings. The van der Waals surface area contributed by atoms with Crippen LogP contribution in [0.15, 0.2) is 24.3 Å². The molecule has 160 valence electrons. The number of aromatic nitrogens is 2. The first-order valence-electron chi connectivity index (χ1n) is 9.03. The van der Waals surface area contributed by atoms with E-state index in [2.05, 4.69) is 41.5 Å². The van der Waals surface area contributed by atoms with E-state index in [0.29, 0.717) is 6.54 Å². The van der Waals surface area contributed by atoms with Crippen molar-refractivity contribution in [3.8, 4) is 5.75 Å². The number of likely N-dealkylation sites (N-methyl/N-ethyl adjacent to an activating group) is 1. The molecule has 29 heavy (non-hydrogen) atoms. The predicted octanol–water partition coefficient (Wildman–Crippen LogP) is -1.25. The number of nitrogen functional groups attached to an aromatic ring is 2. The molecule has 0 aliphatic rings. The van der Waals surface area contributed by atoms with E-state index in [1.54, 1.807) is 7.11 Å². The molecule has 0 bridgehead atoms. The Bertz CT molecular complexity index is 817. The second-order valence-corrected chi connectivity index (χ2v) is 7.58. The Labute approximate surface area is 187 Å². The number of quaternary nitrogens is 1. The van der Waals surface area contributed by atoms with Crippen LogP contribution in [0, 0.1) is 0 Å². The largest absolute Gasteiger partial charge is 1.00 e. The number of nitrogens with two attached hydrogens (primary N) is 2. The molecule has 0 radical (unpaired) electrons. The molecule has 0 atom stereocenters. The van der Waals surface area contributed by atoms with Gasteiger partial charge in [-0.2, -0.15) is 0 Å². The van der Waals surface area contributed by atoms with Gasteiger partial charge in [-0.25, -0.2) is 9.97 Å². The van der Waals surface area contributed by atoms with Crippen LogP contribution in [0.5, 0.6) is 5.75 Å². The molecule has 1 heterocycles. The minimum Gasteiger partial charge on any atom is -1.00 e. The lowest BCUT2D eigenvalue weighted by Gasteiger charge is -2.30. The third kappa shape index (κ3) is 7.68. The van der Waals surface area contributed by atoms with Crippen LogP contribution in [-0.2, 0) is 6.42 Å². The Balaban J connectivity index is 0.00000420. The maximum Gasteiger partial charge on any atom is 0.273 e. The third-order valence-corrected chi connectivity index (χ3v) is 4.79. The van der Waals surface area contributed by atoms with Gasteiger partial charge in [0, 0.05) is 6.42 Å². The monoisotopic (exact) mass is 486 g/mol. The highest BCUT2D eigenvalue weighted by atomic mass is 79.9. The number of hydrogen-bond acceptors (Lipinski definition) is 6. The van der Waals surface area contributed by atoms with Gasteiger partial charge in [0.15, 0.2) is 22.5 Å². The zero-order valence-corrected chi connectivity index (χ0v) is 19.3. The van der Waals surface area contributed by atoms with Crippen LogP contribution < -0.4 is 38.5 Å². The van der Waals surface area contributed by atoms with Crippen molar-refractivity contribution in [3.05, 3.63) is 40.7 Å². The molecule has 0 saturated carbocycles. The number of methoxy groups -OCH3 is 1. The Morgan fingerprint density at radius 1 is 1.14 bits per heavy atom. The minimum absolute atomic E-state index is 0. The summed E-state index contributed by atoms with van der Waals surface area (Å²) in [5.74, 6) is 0.423. The molecule has 8 nitrogen and oxygen atoms in total. The van der Waals surface area contributed by atoms with Gasteiger partial charge in [0.25, 0.3) is 5.91 Å². The van der Waals surface area contributed by atoms with E-state index in [9.17, 15) is 4.79 Å². The molecule has 5 N–H and O–H groups in total. The van der Waals surface area contributed by atoms with Crippen molar-refractivity contribution >= 4 is 29.1 Å². The van der Waals surface area contributed by atoms with Crippen LogP contribution in [0.4, 0.5) is 11.6 Å². The van der Waals surface area contributed by atoms with Crippen LogP contribution in [0.25, 0.3) is 0 Å². The second-order valence-electron chi connectivity index (χ2n) is 7.22. The maximum atomic E-state index is 12.3. The van der Waals surface area contributed by atoms with Crippen molar-refractivity contribution in [2.75, 3.05) is 52.3 Å². The van der Waals surface area contributed by atoms with Gasteiger partial charge in [-0.05, 0) is 24.1 Å². The van der Waals surface area contributed by atoms with Crippen molar-refractivity contribution in [1.82, 2.24) is 15.3 Å². The Morgan fingerprint density at radius 2 is 1.79 bits per heavy atom. The summed E-state index contributed by atoms with van der Waals surface area (Å²) in [5, 5.41) is 2.78. The third-order valence-electron chi connectivity index (χ3n) is 4.51. The number of ether oxygens (including phenoxy) is 1. The van der Waals surface area contributed by atoms with Gasteiger partial charge in [0.05, 0.1) is 40.8 Å². The zero-order chi connectivity index (χ0) is 20.7. The van der Waals surface area contributed by atoms with Crippen molar-refractivity contribution < 1.29 is 31.0 Å². The van der Waals surface area contributed by atoms with Crippen molar-refractivity contribution in [2.24, 2.45) is 0 Å². The molecule has 0 spiro atoms. The number of carbonyl (C=O) groups is 1. The number of carbonyl (C=O) groups excluding carboxylic acids is 1. The van der Waals surface area contributed by atoms with E-state index < -0.39 is 5.91 Å². The molecule has 1 aromatic carbocycles. The average Bonchev–Trinajstić information content (AvgIpc) is 2.65. The number of rotatable bonds is 9. The SMILES string of the molecule is COc1ccc(CCC[N+](C)(C)CCNC(=O)c2nc(Cl)c(N)nc2N)cc1.[Br-]. The fraction of sp³-hybridized carbons (Fsp3) is 0.421. The van der Waals surface area contributed by atoms with E-state index in [4.69, 9.17) is 27.8 Å². The molecule has 1 amide bonds. The summed E-state index contributed by atoms with van der Waals surface area (Å²) in [6.45, 7) is 2.24. The van der Waals surface area contributed by atoms with E-state index in [1.165, 1.54) is 5.56 Å². The maximum absolute atomic E-state index is 12.3. The van der Waals surface area contributed by atoms with Gasteiger partial charge in [-0.1, -0.05) is 23.7 Å². The van der Waals surface area contributed by atoms with E-state index in [0.717, 1.165) is 36.2 Å². The van der Waals surface area contributed by atoms with Crippen LogP contribution in [-0.4, -0.2) is 61.2 Å². The highest BCUT2D eigenvalue weighted by Crippen LogP contribution is 2.17. The highest BCUT2D eigenvalue weighted by molar-refractivity contribution is 6.31. The molecular formula is C19H28BrClN6O2. The lowest BCUT2D eigenvalue weighted by atomic mass is 10.1. The lowest BCUT2D eigenvalue weighted by molar-refractivity contribution is -0.889. The average molecular weight is 488 g/mol. The standard InChI is InChI=1S/C19H27ClN6O2.BrH/c1-26(2,11-4-5-13-6-8-14(28-3)9-7-13)12-10-23-19(27)15-17(21)25-18(22)16(20)24-15;/h6-9H,4-5,10-12H2,1-3H3,(H4-,21,22,23,25,27);1H. The Kier molecular flexibility index (Phi) is 9.61. The smallest absolute Gasteiger partial charge is 0.273 e. The number of benzene rings is 1. The summed E-state index contributed by atoms with van der Waals surface area (Å²) in [7, 11) is 5.93. The fourth-order valence-corrected chi connectivity index (χ4v) is 2.91. The number of aryl methyl sites for hydroxylation is 1. The highest BCUT2D eigenvalue weighted by Gasteiger charge is 2.18. The van der Waals surface area contributed by atoms with Crippen LogP contribution in [0.1, 0.15) is 22.5 Å². The quantitative estimate of drug-likeness (QED) is 0.381. The summed E-state index contributed by atoms with van der Waals surface area (Å²) in [6.07, 6.45) is 2.04. The normalized spacial score (nSPS) is 10.9. The van der Waals surface area contributed by atoms with Gasteiger partial charge in [-0.15, -0.1) is 0 Å². The molecule has 0 aliphatic carbocycles. The summed E-state index contributed by atoms with van der Waals surface area (Å²) < 4.78 is 5.95. The molecule has 0 saturated heterocycles. The fourth-order valence-electron chi connectivity index (χ4n) is 2.78. The molecule has 2 rings (SSSR count). The number of amides is 1. The number of nitrogens with zero attached hydrogens (tertiary/aromatic N) is 3. The zero-order valence-electron chi connectivity index (χ0n) is 16.9. The van der Waals surface area contributed by atoms with Crippen molar-refractivity contribution in [3.63, 3.8) is 0 Å². The predicted molar refractivity (Wildman–Crippen MR) is 111 cm³/mol. The van der Waals surface area contributed by atoms with Gasteiger partial charge >= 0.3 is 0 Å². The second kappa shape index (κ2) is 11.2. The van der Waals surface area contributed by atoms with Gasteiger partial charge in [0.2, 0.25) is 0 Å². The van der Waals surface area contributed by atoms with Gasteiger partial charge < -0.3 is 43.0 Å². The van der Waals surface area contributed by atoms with E-state index in [-0.39, 0.29) is 39.5 Å². The van der Waals surface area contributed by atoms with E-state index >= 15 is 0 Å². The summed E-state index contributed by atoms with van der Waals surface area (Å²) in [4.78, 5) is 20.0. The number of halogens is 2. The molecule has 0 fully saturated rings. The first-order valence-corrected chi connectivity index (χ1v) is 9.41. The summed E-state index contributed by atoms with van der Waals surface area (Å²) >= 11 is 5.82. The van der Waals surface area contributed by atoms with Gasteiger partial charge in [-0.3, -0.25) is 4.79 Å². The lowest BCUT2D eigenvalue weighted by Crippen LogP contribution is -3.00. The number of anilines is 2. The number of hydrogen-bond donors (Lipinski definition) is 3. The van der Waals surface area contributed by atoms with E-state index in [1.807, 2.05) is 12.1 Å². The first kappa shape index (κ1) is 24.9. The van der Waals surface area contributed by atoms with Crippen molar-refractivity contribution in [2.45, 2.75) is 12.8 Å². The molecule has 1 aromatic heterocycles.